The van der Waals surface area contributed by atoms with Crippen molar-refractivity contribution < 1.29 is 27.9 Å². The Morgan fingerprint density at radius 2 is 1.75 bits per heavy atom. The second-order valence-electron chi connectivity index (χ2n) is 4.43. The molecule has 7 heteroatoms. The third-order valence-electron chi connectivity index (χ3n) is 2.98. The van der Waals surface area contributed by atoms with Gasteiger partial charge in [-0.3, -0.25) is 9.59 Å². The minimum Gasteiger partial charge on any atom is -0.481 e. The summed E-state index contributed by atoms with van der Waals surface area (Å²) in [7, 11) is 0. The molecule has 2 N–H and O–H groups in total. The summed E-state index contributed by atoms with van der Waals surface area (Å²) in [4.78, 5) is 22.6. The molecule has 2 unspecified atom stereocenters. The smallest absolute Gasteiger partial charge is 0.417 e. The standard InChI is InChI=1S/C13H14F3NO3/c1-7(12(19)20)8(2)17-11(18)9-5-3-4-6-10(9)13(14,15)16/h3-8H,1-2H3,(H,17,18)(H,19,20). The lowest BCUT2D eigenvalue weighted by Crippen LogP contribution is -2.40. The number of nitrogens with one attached hydrogen (secondary N) is 1. The van der Waals surface area contributed by atoms with E-state index in [1.54, 1.807) is 0 Å². The Labute approximate surface area is 113 Å². The lowest BCUT2D eigenvalue weighted by molar-refractivity contribution is -0.142. The fraction of sp³-hybridized carbons (Fsp3) is 0.385. The number of carboxylic acids is 1. The van der Waals surface area contributed by atoms with Crippen LogP contribution in [0.4, 0.5) is 13.2 Å². The summed E-state index contributed by atoms with van der Waals surface area (Å²) >= 11 is 0. The molecule has 1 rings (SSSR count). The lowest BCUT2D eigenvalue weighted by Gasteiger charge is -2.19. The second kappa shape index (κ2) is 5.94. The topological polar surface area (TPSA) is 66.4 Å². The number of carbonyl (C=O) groups is 2. The van der Waals surface area contributed by atoms with Gasteiger partial charge < -0.3 is 10.4 Å². The maximum atomic E-state index is 12.8. The molecule has 0 fully saturated rings. The number of benzene rings is 1. The maximum Gasteiger partial charge on any atom is 0.417 e. The van der Waals surface area contributed by atoms with Crippen LogP contribution in [0.25, 0.3) is 0 Å². The van der Waals surface area contributed by atoms with Crippen LogP contribution in [0.5, 0.6) is 0 Å². The van der Waals surface area contributed by atoms with Crippen molar-refractivity contribution in [2.24, 2.45) is 5.92 Å². The fourth-order valence-electron chi connectivity index (χ4n) is 1.55. The van der Waals surface area contributed by atoms with Crippen molar-refractivity contribution in [1.82, 2.24) is 5.32 Å². The van der Waals surface area contributed by atoms with E-state index in [2.05, 4.69) is 5.32 Å². The zero-order valence-corrected chi connectivity index (χ0v) is 10.9. The predicted molar refractivity (Wildman–Crippen MR) is 65.2 cm³/mol. The van der Waals surface area contributed by atoms with E-state index in [9.17, 15) is 22.8 Å². The van der Waals surface area contributed by atoms with Gasteiger partial charge in [0.25, 0.3) is 5.91 Å². The van der Waals surface area contributed by atoms with Crippen molar-refractivity contribution >= 4 is 11.9 Å². The van der Waals surface area contributed by atoms with Crippen molar-refractivity contribution in [3.63, 3.8) is 0 Å². The molecule has 0 aliphatic carbocycles. The van der Waals surface area contributed by atoms with Crippen molar-refractivity contribution in [2.45, 2.75) is 26.1 Å². The highest BCUT2D eigenvalue weighted by atomic mass is 19.4. The van der Waals surface area contributed by atoms with Crippen LogP contribution in [-0.4, -0.2) is 23.0 Å². The number of alkyl halides is 3. The predicted octanol–water partition coefficient (Wildman–Crippen LogP) is 2.54. The summed E-state index contributed by atoms with van der Waals surface area (Å²) in [5.74, 6) is -2.99. The van der Waals surface area contributed by atoms with E-state index < -0.39 is 41.1 Å². The molecule has 20 heavy (non-hydrogen) atoms. The van der Waals surface area contributed by atoms with E-state index in [0.29, 0.717) is 0 Å². The largest absolute Gasteiger partial charge is 0.481 e. The van der Waals surface area contributed by atoms with E-state index in [1.165, 1.54) is 26.0 Å². The van der Waals surface area contributed by atoms with E-state index in [1.807, 2.05) is 0 Å². The molecule has 0 radical (unpaired) electrons. The van der Waals surface area contributed by atoms with E-state index in [-0.39, 0.29) is 0 Å². The number of halogens is 3. The second-order valence-corrected chi connectivity index (χ2v) is 4.43. The van der Waals surface area contributed by atoms with Gasteiger partial charge in [-0.2, -0.15) is 13.2 Å². The van der Waals surface area contributed by atoms with Crippen LogP contribution in [-0.2, 0) is 11.0 Å². The first kappa shape index (κ1) is 16.0. The molecular formula is C13H14F3NO3. The van der Waals surface area contributed by atoms with Crippen LogP contribution in [0.15, 0.2) is 24.3 Å². The Balaban J connectivity index is 2.97. The van der Waals surface area contributed by atoms with Gasteiger partial charge >= 0.3 is 12.1 Å². The molecule has 0 aliphatic rings. The van der Waals surface area contributed by atoms with Gasteiger partial charge in [0.05, 0.1) is 17.0 Å². The van der Waals surface area contributed by atoms with Crippen LogP contribution < -0.4 is 5.32 Å². The summed E-state index contributed by atoms with van der Waals surface area (Å²) in [5, 5.41) is 11.1. The van der Waals surface area contributed by atoms with Crippen LogP contribution in [0.2, 0.25) is 0 Å². The highest BCUT2D eigenvalue weighted by Crippen LogP contribution is 2.31. The number of carboxylic acid groups (broad SMARTS) is 1. The highest BCUT2D eigenvalue weighted by molar-refractivity contribution is 5.96. The number of aliphatic carboxylic acids is 1. The lowest BCUT2D eigenvalue weighted by atomic mass is 10.0. The Morgan fingerprint density at radius 1 is 1.20 bits per heavy atom. The molecule has 0 saturated carbocycles. The Morgan fingerprint density at radius 3 is 2.25 bits per heavy atom. The average molecular weight is 289 g/mol. The number of rotatable bonds is 4. The number of amides is 1. The maximum absolute atomic E-state index is 12.8. The molecule has 0 spiro atoms. The molecule has 0 aliphatic heterocycles. The minimum absolute atomic E-state index is 0.524. The van der Waals surface area contributed by atoms with Crippen LogP contribution in [0.1, 0.15) is 29.8 Å². The molecule has 0 saturated heterocycles. The molecule has 110 valence electrons. The number of hydrogen-bond acceptors (Lipinski definition) is 2. The average Bonchev–Trinajstić information content (AvgIpc) is 2.36. The molecule has 4 nitrogen and oxygen atoms in total. The third kappa shape index (κ3) is 3.72. The van der Waals surface area contributed by atoms with Gasteiger partial charge in [0.1, 0.15) is 0 Å². The van der Waals surface area contributed by atoms with Crippen molar-refractivity contribution in [3.05, 3.63) is 35.4 Å². The van der Waals surface area contributed by atoms with Gasteiger partial charge in [0, 0.05) is 6.04 Å². The van der Waals surface area contributed by atoms with Gasteiger partial charge in [-0.05, 0) is 26.0 Å². The Hall–Kier alpha value is -2.05. The number of hydrogen-bond donors (Lipinski definition) is 2. The molecule has 2 atom stereocenters. The zero-order chi connectivity index (χ0) is 15.5. The molecule has 0 bridgehead atoms. The van der Waals surface area contributed by atoms with Crippen LogP contribution >= 0.6 is 0 Å². The van der Waals surface area contributed by atoms with Crippen molar-refractivity contribution in [1.29, 1.82) is 0 Å². The third-order valence-corrected chi connectivity index (χ3v) is 2.98. The fourth-order valence-corrected chi connectivity index (χ4v) is 1.55. The van der Waals surface area contributed by atoms with Gasteiger partial charge in [-0.15, -0.1) is 0 Å². The molecule has 1 aromatic rings. The normalized spacial score (nSPS) is 14.4. The minimum atomic E-state index is -4.64. The van der Waals surface area contributed by atoms with Crippen LogP contribution in [0, 0.1) is 5.92 Å². The SMILES string of the molecule is CC(NC(=O)c1ccccc1C(F)(F)F)C(C)C(=O)O. The van der Waals surface area contributed by atoms with E-state index in [0.717, 1.165) is 12.1 Å². The van der Waals surface area contributed by atoms with Gasteiger partial charge in [0.2, 0.25) is 0 Å². The Bertz CT molecular complexity index is 514. The molecule has 1 amide bonds. The van der Waals surface area contributed by atoms with E-state index >= 15 is 0 Å². The number of carbonyl (C=O) groups excluding carboxylic acids is 1. The first-order chi connectivity index (χ1) is 9.14. The summed E-state index contributed by atoms with van der Waals surface area (Å²) in [6, 6.07) is 3.57. The summed E-state index contributed by atoms with van der Waals surface area (Å²) in [6.45, 7) is 2.79. The van der Waals surface area contributed by atoms with Crippen molar-refractivity contribution in [2.75, 3.05) is 0 Å². The first-order valence-corrected chi connectivity index (χ1v) is 5.84. The first-order valence-electron chi connectivity index (χ1n) is 5.84. The molecule has 0 aromatic heterocycles. The summed E-state index contributed by atoms with van der Waals surface area (Å²) < 4.78 is 38.3. The summed E-state index contributed by atoms with van der Waals surface area (Å²) in [6.07, 6.45) is -4.64. The quantitative estimate of drug-likeness (QED) is 0.895. The van der Waals surface area contributed by atoms with Gasteiger partial charge in [-0.1, -0.05) is 12.1 Å². The Kier molecular flexibility index (Phi) is 4.75. The monoisotopic (exact) mass is 289 g/mol. The van der Waals surface area contributed by atoms with Crippen LogP contribution in [0.3, 0.4) is 0 Å². The molecule has 1 aromatic carbocycles. The molecule has 0 heterocycles. The van der Waals surface area contributed by atoms with Crippen molar-refractivity contribution in [3.8, 4) is 0 Å². The highest BCUT2D eigenvalue weighted by Gasteiger charge is 2.35. The molecular weight excluding hydrogens is 275 g/mol. The van der Waals surface area contributed by atoms with Gasteiger partial charge in [0.15, 0.2) is 0 Å². The van der Waals surface area contributed by atoms with E-state index in [4.69, 9.17) is 5.11 Å². The summed E-state index contributed by atoms with van der Waals surface area (Å²) in [5.41, 5.74) is -1.57. The zero-order valence-electron chi connectivity index (χ0n) is 10.9. The van der Waals surface area contributed by atoms with Gasteiger partial charge in [-0.25, -0.2) is 0 Å².